The number of carbonyl (C=O) groups excluding carboxylic acids is 2. The molecule has 0 unspecified atom stereocenters. The first-order valence-electron chi connectivity index (χ1n) is 13.4. The van der Waals surface area contributed by atoms with E-state index in [1.165, 1.54) is 35.6 Å². The van der Waals surface area contributed by atoms with E-state index >= 15 is 0 Å². The van der Waals surface area contributed by atoms with Crippen LogP contribution in [-0.4, -0.2) is 65.5 Å². The van der Waals surface area contributed by atoms with Crippen LogP contribution in [0.25, 0.3) is 0 Å². The monoisotopic (exact) mass is 578 g/mol. The Labute approximate surface area is 243 Å². The Bertz CT molecular complexity index is 1470. The van der Waals surface area contributed by atoms with Crippen molar-refractivity contribution in [3.63, 3.8) is 0 Å². The molecule has 0 fully saturated rings. The molecule has 0 aliphatic heterocycles. The van der Waals surface area contributed by atoms with Gasteiger partial charge >= 0.3 is 0 Å². The van der Waals surface area contributed by atoms with E-state index in [0.717, 1.165) is 22.7 Å². The van der Waals surface area contributed by atoms with Crippen LogP contribution in [0, 0.1) is 5.82 Å². The average molecular weight is 579 g/mol. The van der Waals surface area contributed by atoms with Gasteiger partial charge in [-0.3, -0.25) is 9.59 Å². The molecule has 2 aromatic carbocycles. The van der Waals surface area contributed by atoms with Crippen LogP contribution in [0.4, 0.5) is 4.39 Å². The number of likely N-dealkylation sites (N-methyl/N-ethyl adjacent to an activating group) is 1. The van der Waals surface area contributed by atoms with E-state index in [2.05, 4.69) is 4.98 Å². The van der Waals surface area contributed by atoms with Gasteiger partial charge in [-0.2, -0.15) is 0 Å². The number of thiazole rings is 1. The minimum atomic E-state index is -0.372. The third-order valence-electron chi connectivity index (χ3n) is 6.76. The van der Waals surface area contributed by atoms with Crippen molar-refractivity contribution < 1.29 is 23.5 Å². The van der Waals surface area contributed by atoms with Crippen molar-refractivity contribution in [2.45, 2.75) is 32.9 Å². The summed E-state index contributed by atoms with van der Waals surface area (Å²) in [7, 11) is 4.97. The van der Waals surface area contributed by atoms with Gasteiger partial charge in [0.25, 0.3) is 11.8 Å². The Kier molecular flexibility index (Phi) is 10.1. The third kappa shape index (κ3) is 7.52. The third-order valence-corrected chi connectivity index (χ3v) is 7.59. The van der Waals surface area contributed by atoms with Crippen LogP contribution < -0.4 is 9.47 Å². The molecule has 0 atom stereocenters. The molecular weight excluding hydrogens is 543 g/mol. The predicted octanol–water partition coefficient (Wildman–Crippen LogP) is 5.52. The summed E-state index contributed by atoms with van der Waals surface area (Å²) in [4.78, 5) is 34.2. The van der Waals surface area contributed by atoms with Crippen molar-refractivity contribution in [1.82, 2.24) is 19.4 Å². The van der Waals surface area contributed by atoms with E-state index in [1.54, 1.807) is 36.4 Å². The Balaban J connectivity index is 1.38. The molecule has 0 saturated carbocycles. The molecule has 0 aliphatic rings. The fraction of sp³-hybridized carbons (Fsp3) is 0.323. The molecule has 10 heteroatoms. The fourth-order valence-electron chi connectivity index (χ4n) is 4.50. The zero-order chi connectivity index (χ0) is 29.4. The largest absolute Gasteiger partial charge is 0.493 e. The van der Waals surface area contributed by atoms with Crippen molar-refractivity contribution in [2.24, 2.45) is 0 Å². The number of methoxy groups -OCH3 is 2. The summed E-state index contributed by atoms with van der Waals surface area (Å²) < 4.78 is 26.1. The van der Waals surface area contributed by atoms with Crippen LogP contribution in [0.1, 0.15) is 50.5 Å². The van der Waals surface area contributed by atoms with E-state index in [0.29, 0.717) is 55.4 Å². The highest BCUT2D eigenvalue weighted by atomic mass is 32.1. The van der Waals surface area contributed by atoms with Gasteiger partial charge in [0.2, 0.25) is 0 Å². The number of aromatic nitrogens is 2. The van der Waals surface area contributed by atoms with E-state index in [-0.39, 0.29) is 17.6 Å². The Morgan fingerprint density at radius 1 is 1.00 bits per heavy atom. The highest BCUT2D eigenvalue weighted by molar-refractivity contribution is 7.09. The Hall–Kier alpha value is -4.18. The summed E-state index contributed by atoms with van der Waals surface area (Å²) in [5, 5.41) is 2.58. The molecule has 0 spiro atoms. The van der Waals surface area contributed by atoms with Gasteiger partial charge in [-0.15, -0.1) is 11.3 Å². The first-order chi connectivity index (χ1) is 19.8. The van der Waals surface area contributed by atoms with Gasteiger partial charge in [-0.1, -0.05) is 13.0 Å². The number of ether oxygens (including phenoxy) is 2. The number of rotatable bonds is 13. The number of carbonyl (C=O) groups is 2. The standard InChI is InChI=1S/C31H35FN4O4S/c1-5-15-36(30(37)23-9-11-24(32)12-10-23)19-25-7-6-16-35(25)20-29-33-26(21-41-29)31(38)34(2)17-14-22-8-13-27(39-3)28(18-22)40-4/h6-13,16,18,21H,5,14-15,17,19-20H2,1-4H3. The number of hydrogen-bond donors (Lipinski definition) is 0. The van der Waals surface area contributed by atoms with Crippen LogP contribution in [0.5, 0.6) is 11.5 Å². The van der Waals surface area contributed by atoms with Gasteiger partial charge < -0.3 is 23.8 Å². The molecule has 0 bridgehead atoms. The number of halogens is 1. The van der Waals surface area contributed by atoms with Crippen molar-refractivity contribution >= 4 is 23.2 Å². The molecule has 0 N–H and O–H groups in total. The molecule has 0 aliphatic carbocycles. The smallest absolute Gasteiger partial charge is 0.273 e. The lowest BCUT2D eigenvalue weighted by atomic mass is 10.1. The molecule has 8 nitrogen and oxygen atoms in total. The quantitative estimate of drug-likeness (QED) is 0.209. The van der Waals surface area contributed by atoms with Crippen LogP contribution in [-0.2, 0) is 19.5 Å². The second-order valence-corrected chi connectivity index (χ2v) is 10.6. The molecule has 2 aromatic heterocycles. The summed E-state index contributed by atoms with van der Waals surface area (Å²) in [5.41, 5.74) is 2.85. The topological polar surface area (TPSA) is 76.9 Å². The van der Waals surface area contributed by atoms with E-state index < -0.39 is 0 Å². The lowest BCUT2D eigenvalue weighted by Crippen LogP contribution is -2.32. The van der Waals surface area contributed by atoms with Crippen LogP contribution in [0.2, 0.25) is 0 Å². The summed E-state index contributed by atoms with van der Waals surface area (Å²) in [6, 6.07) is 15.3. The van der Waals surface area contributed by atoms with Gasteiger partial charge in [-0.25, -0.2) is 9.37 Å². The summed E-state index contributed by atoms with van der Waals surface area (Å²) in [5.74, 6) is 0.671. The zero-order valence-electron chi connectivity index (χ0n) is 23.8. The minimum absolute atomic E-state index is 0.139. The first kappa shape index (κ1) is 29.8. The van der Waals surface area contributed by atoms with Gasteiger partial charge in [-0.05, 0) is 66.9 Å². The predicted molar refractivity (Wildman–Crippen MR) is 157 cm³/mol. The van der Waals surface area contributed by atoms with E-state index in [9.17, 15) is 14.0 Å². The lowest BCUT2D eigenvalue weighted by molar-refractivity contribution is 0.0738. The molecule has 4 rings (SSSR count). The second kappa shape index (κ2) is 13.9. The first-order valence-corrected chi connectivity index (χ1v) is 14.3. The van der Waals surface area contributed by atoms with E-state index in [4.69, 9.17) is 9.47 Å². The van der Waals surface area contributed by atoms with Crippen molar-refractivity contribution in [1.29, 1.82) is 0 Å². The molecular formula is C31H35FN4O4S. The average Bonchev–Trinajstić information content (AvgIpc) is 3.64. The highest BCUT2D eigenvalue weighted by Gasteiger charge is 2.19. The van der Waals surface area contributed by atoms with Crippen LogP contribution in [0.3, 0.4) is 0 Å². The maximum Gasteiger partial charge on any atom is 0.273 e. The van der Waals surface area contributed by atoms with Gasteiger partial charge in [0.15, 0.2) is 11.5 Å². The maximum atomic E-state index is 13.4. The molecule has 4 aromatic rings. The van der Waals surface area contributed by atoms with Crippen LogP contribution >= 0.6 is 11.3 Å². The van der Waals surface area contributed by atoms with E-state index in [1.807, 2.05) is 48.0 Å². The van der Waals surface area contributed by atoms with Crippen molar-refractivity contribution in [3.05, 3.63) is 99.5 Å². The van der Waals surface area contributed by atoms with Crippen molar-refractivity contribution in [3.8, 4) is 11.5 Å². The lowest BCUT2D eigenvalue weighted by Gasteiger charge is -2.23. The maximum absolute atomic E-state index is 13.4. The molecule has 216 valence electrons. The SMILES string of the molecule is CCCN(Cc1cccn1Cc1nc(C(=O)N(C)CCc2ccc(OC)c(OC)c2)cs1)C(=O)c1ccc(F)cc1. The van der Waals surface area contributed by atoms with Gasteiger partial charge in [0.05, 0.1) is 27.3 Å². The number of benzene rings is 2. The Morgan fingerprint density at radius 3 is 2.46 bits per heavy atom. The molecule has 41 heavy (non-hydrogen) atoms. The highest BCUT2D eigenvalue weighted by Crippen LogP contribution is 2.28. The minimum Gasteiger partial charge on any atom is -0.493 e. The van der Waals surface area contributed by atoms with Crippen LogP contribution in [0.15, 0.2) is 66.2 Å². The fourth-order valence-corrected chi connectivity index (χ4v) is 5.26. The Morgan fingerprint density at radius 2 is 1.76 bits per heavy atom. The molecule has 0 saturated heterocycles. The molecule has 2 amide bonds. The number of amides is 2. The number of hydrogen-bond acceptors (Lipinski definition) is 6. The molecule has 0 radical (unpaired) electrons. The normalized spacial score (nSPS) is 10.9. The van der Waals surface area contributed by atoms with Crippen molar-refractivity contribution in [2.75, 3.05) is 34.4 Å². The molecule has 2 heterocycles. The second-order valence-electron chi connectivity index (χ2n) is 9.65. The van der Waals surface area contributed by atoms with Gasteiger partial charge in [0, 0.05) is 43.0 Å². The summed E-state index contributed by atoms with van der Waals surface area (Å²) >= 11 is 1.43. The van der Waals surface area contributed by atoms with Gasteiger partial charge in [0.1, 0.15) is 16.5 Å². The summed E-state index contributed by atoms with van der Waals surface area (Å²) in [6.45, 7) is 4.02. The summed E-state index contributed by atoms with van der Waals surface area (Å²) in [6.07, 6.45) is 3.41. The zero-order valence-corrected chi connectivity index (χ0v) is 24.6. The number of nitrogens with zero attached hydrogens (tertiary/aromatic N) is 4.